The zero-order valence-electron chi connectivity index (χ0n) is 13.5. The molecule has 4 nitrogen and oxygen atoms in total. The van der Waals surface area contributed by atoms with Crippen molar-refractivity contribution in [3.05, 3.63) is 46.8 Å². The number of sulfonamides is 1. The SMILES string of the molecule is CCN1CCc2c(cccc2N(CC)S(=O)(=O)c2cccs2)C1. The van der Waals surface area contributed by atoms with E-state index in [1.807, 2.05) is 19.1 Å². The molecular formula is C17H22N2O2S2. The second-order valence-electron chi connectivity index (χ2n) is 5.64. The van der Waals surface area contributed by atoms with Gasteiger partial charge in [0.15, 0.2) is 0 Å². The van der Waals surface area contributed by atoms with Gasteiger partial charge in [0, 0.05) is 19.6 Å². The van der Waals surface area contributed by atoms with E-state index in [-0.39, 0.29) is 0 Å². The molecule has 0 spiro atoms. The number of nitrogens with zero attached hydrogens (tertiary/aromatic N) is 2. The molecule has 0 amide bonds. The van der Waals surface area contributed by atoms with Crippen molar-refractivity contribution >= 4 is 27.0 Å². The number of likely N-dealkylation sites (N-methyl/N-ethyl adjacent to an activating group) is 1. The van der Waals surface area contributed by atoms with Gasteiger partial charge in [0.2, 0.25) is 0 Å². The van der Waals surface area contributed by atoms with E-state index in [1.54, 1.807) is 21.8 Å². The highest BCUT2D eigenvalue weighted by molar-refractivity contribution is 7.94. The van der Waals surface area contributed by atoms with Crippen LogP contribution in [0, 0.1) is 0 Å². The Hall–Kier alpha value is -1.37. The molecule has 1 aliphatic heterocycles. The normalized spacial score (nSPS) is 15.4. The lowest BCUT2D eigenvalue weighted by Crippen LogP contribution is -2.34. The van der Waals surface area contributed by atoms with Gasteiger partial charge in [-0.15, -0.1) is 11.3 Å². The Labute approximate surface area is 142 Å². The molecule has 0 saturated heterocycles. The van der Waals surface area contributed by atoms with Crippen molar-refractivity contribution in [1.82, 2.24) is 4.90 Å². The number of benzene rings is 1. The van der Waals surface area contributed by atoms with Crippen LogP contribution in [0.2, 0.25) is 0 Å². The number of thiophene rings is 1. The van der Waals surface area contributed by atoms with Crippen LogP contribution in [0.3, 0.4) is 0 Å². The third kappa shape index (κ3) is 3.03. The van der Waals surface area contributed by atoms with Crippen molar-refractivity contribution < 1.29 is 8.42 Å². The van der Waals surface area contributed by atoms with Crippen LogP contribution >= 0.6 is 11.3 Å². The second-order valence-corrected chi connectivity index (χ2v) is 8.67. The Bertz CT molecular complexity index is 770. The highest BCUT2D eigenvalue weighted by Gasteiger charge is 2.28. The van der Waals surface area contributed by atoms with E-state index in [2.05, 4.69) is 17.9 Å². The van der Waals surface area contributed by atoms with Crippen molar-refractivity contribution in [2.24, 2.45) is 0 Å². The highest BCUT2D eigenvalue weighted by Crippen LogP contribution is 2.33. The summed E-state index contributed by atoms with van der Waals surface area (Å²) >= 11 is 1.27. The largest absolute Gasteiger partial charge is 0.299 e. The van der Waals surface area contributed by atoms with Crippen LogP contribution in [0.1, 0.15) is 25.0 Å². The summed E-state index contributed by atoms with van der Waals surface area (Å²) in [6, 6.07) is 9.49. The summed E-state index contributed by atoms with van der Waals surface area (Å²) in [6.45, 7) is 7.40. The van der Waals surface area contributed by atoms with Crippen LogP contribution in [-0.4, -0.2) is 33.0 Å². The first kappa shape index (κ1) is 16.5. The Morgan fingerprint density at radius 1 is 1.22 bits per heavy atom. The first-order chi connectivity index (χ1) is 11.1. The summed E-state index contributed by atoms with van der Waals surface area (Å²) in [6.07, 6.45) is 0.899. The quantitative estimate of drug-likeness (QED) is 0.830. The molecule has 0 aliphatic carbocycles. The summed E-state index contributed by atoms with van der Waals surface area (Å²) in [5, 5.41) is 1.81. The van der Waals surface area contributed by atoms with Crippen molar-refractivity contribution in [3.8, 4) is 0 Å². The van der Waals surface area contributed by atoms with E-state index in [1.165, 1.54) is 22.5 Å². The monoisotopic (exact) mass is 350 g/mol. The van der Waals surface area contributed by atoms with E-state index in [0.29, 0.717) is 10.8 Å². The fourth-order valence-electron chi connectivity index (χ4n) is 3.14. The van der Waals surface area contributed by atoms with Crippen LogP contribution in [0.25, 0.3) is 0 Å². The van der Waals surface area contributed by atoms with Crippen molar-refractivity contribution in [2.75, 3.05) is 23.9 Å². The van der Waals surface area contributed by atoms with Crippen molar-refractivity contribution in [1.29, 1.82) is 0 Å². The minimum Gasteiger partial charge on any atom is -0.299 e. The van der Waals surface area contributed by atoms with E-state index >= 15 is 0 Å². The van der Waals surface area contributed by atoms with E-state index in [9.17, 15) is 8.42 Å². The van der Waals surface area contributed by atoms with Gasteiger partial charge in [-0.3, -0.25) is 9.21 Å². The highest BCUT2D eigenvalue weighted by atomic mass is 32.2. The number of rotatable bonds is 5. The molecule has 0 N–H and O–H groups in total. The number of hydrogen-bond acceptors (Lipinski definition) is 4. The smallest absolute Gasteiger partial charge is 0.273 e. The van der Waals surface area contributed by atoms with Gasteiger partial charge in [0.1, 0.15) is 4.21 Å². The van der Waals surface area contributed by atoms with Gasteiger partial charge in [-0.25, -0.2) is 8.42 Å². The average Bonchev–Trinajstić information content (AvgIpc) is 3.10. The average molecular weight is 351 g/mol. The minimum atomic E-state index is -3.48. The molecule has 0 atom stereocenters. The minimum absolute atomic E-state index is 0.406. The van der Waals surface area contributed by atoms with E-state index in [4.69, 9.17) is 0 Å². The molecule has 0 unspecified atom stereocenters. The molecule has 3 rings (SSSR count). The first-order valence-corrected chi connectivity index (χ1v) is 10.3. The molecule has 0 radical (unpaired) electrons. The molecule has 124 valence electrons. The zero-order valence-corrected chi connectivity index (χ0v) is 15.2. The zero-order chi connectivity index (χ0) is 16.4. The maximum Gasteiger partial charge on any atom is 0.273 e. The number of anilines is 1. The van der Waals surface area contributed by atoms with Crippen LogP contribution in [0.5, 0.6) is 0 Å². The molecule has 1 aliphatic rings. The molecule has 0 saturated carbocycles. The molecule has 2 heterocycles. The predicted molar refractivity (Wildman–Crippen MR) is 95.6 cm³/mol. The van der Waals surface area contributed by atoms with Gasteiger partial charge in [-0.2, -0.15) is 0 Å². The molecule has 1 aromatic carbocycles. The summed E-state index contributed by atoms with van der Waals surface area (Å²) in [5.74, 6) is 0. The maximum absolute atomic E-state index is 13.0. The molecule has 2 aromatic rings. The first-order valence-electron chi connectivity index (χ1n) is 7.97. The van der Waals surface area contributed by atoms with E-state index in [0.717, 1.165) is 31.7 Å². The molecule has 1 aromatic heterocycles. The third-order valence-corrected chi connectivity index (χ3v) is 7.62. The maximum atomic E-state index is 13.0. The van der Waals surface area contributed by atoms with Crippen LogP contribution in [-0.2, 0) is 23.0 Å². The fourth-order valence-corrected chi connectivity index (χ4v) is 5.75. The summed E-state index contributed by atoms with van der Waals surface area (Å²) in [7, 11) is -3.48. The third-order valence-electron chi connectivity index (χ3n) is 4.36. The Kier molecular flexibility index (Phi) is 4.75. The molecule has 23 heavy (non-hydrogen) atoms. The lowest BCUT2D eigenvalue weighted by Gasteiger charge is -2.32. The summed E-state index contributed by atoms with van der Waals surface area (Å²) in [4.78, 5) is 2.39. The van der Waals surface area contributed by atoms with Crippen LogP contribution in [0.4, 0.5) is 5.69 Å². The predicted octanol–water partition coefficient (Wildman–Crippen LogP) is 3.34. The van der Waals surface area contributed by atoms with Crippen LogP contribution in [0.15, 0.2) is 39.9 Å². The van der Waals surface area contributed by atoms with E-state index < -0.39 is 10.0 Å². The van der Waals surface area contributed by atoms with Gasteiger partial charge in [0.25, 0.3) is 10.0 Å². The van der Waals surface area contributed by atoms with Crippen molar-refractivity contribution in [3.63, 3.8) is 0 Å². The Morgan fingerprint density at radius 3 is 2.70 bits per heavy atom. The Morgan fingerprint density at radius 2 is 2.04 bits per heavy atom. The molecule has 6 heteroatoms. The Balaban J connectivity index is 2.04. The lowest BCUT2D eigenvalue weighted by atomic mass is 9.98. The van der Waals surface area contributed by atoms with Crippen LogP contribution < -0.4 is 4.31 Å². The summed E-state index contributed by atoms with van der Waals surface area (Å²) in [5.41, 5.74) is 3.27. The standard InChI is InChI=1S/C17H22N2O2S2/c1-3-18-11-10-15-14(13-18)7-5-8-16(15)19(4-2)23(20,21)17-9-6-12-22-17/h5-9,12H,3-4,10-11,13H2,1-2H3. The van der Waals surface area contributed by atoms with Gasteiger partial charge >= 0.3 is 0 Å². The topological polar surface area (TPSA) is 40.6 Å². The fraction of sp³-hybridized carbons (Fsp3) is 0.412. The molecule has 0 fully saturated rings. The van der Waals surface area contributed by atoms with Gasteiger partial charge in [-0.1, -0.05) is 25.1 Å². The summed E-state index contributed by atoms with van der Waals surface area (Å²) < 4.78 is 27.9. The van der Waals surface area contributed by atoms with Crippen molar-refractivity contribution in [2.45, 2.75) is 31.0 Å². The van der Waals surface area contributed by atoms with Gasteiger partial charge < -0.3 is 0 Å². The van der Waals surface area contributed by atoms with Gasteiger partial charge in [0.05, 0.1) is 5.69 Å². The number of hydrogen-bond donors (Lipinski definition) is 0. The van der Waals surface area contributed by atoms with Gasteiger partial charge in [-0.05, 0) is 48.5 Å². The number of fused-ring (bicyclic) bond motifs is 1. The molecule has 0 bridgehead atoms. The second kappa shape index (κ2) is 6.63. The molecular weight excluding hydrogens is 328 g/mol. The lowest BCUT2D eigenvalue weighted by molar-refractivity contribution is 0.268.